The first-order valence-electron chi connectivity index (χ1n) is 10.9. The van der Waals surface area contributed by atoms with Gasteiger partial charge in [0.15, 0.2) is 0 Å². The van der Waals surface area contributed by atoms with Gasteiger partial charge in [0.25, 0.3) is 5.91 Å². The van der Waals surface area contributed by atoms with Crippen LogP contribution in [0.1, 0.15) is 48.2 Å². The highest BCUT2D eigenvalue weighted by Gasteiger charge is 2.23. The maximum Gasteiger partial charge on any atom is 0.270 e. The van der Waals surface area contributed by atoms with Crippen LogP contribution in [0.3, 0.4) is 0 Å². The number of carbonyl (C=O) groups excluding carboxylic acids is 1. The summed E-state index contributed by atoms with van der Waals surface area (Å²) in [6, 6.07) is 12.3. The second-order valence-corrected chi connectivity index (χ2v) is 8.27. The number of hydrogen-bond donors (Lipinski definition) is 1. The van der Waals surface area contributed by atoms with E-state index in [1.165, 1.54) is 37.7 Å². The molecule has 1 saturated carbocycles. The average Bonchev–Trinajstić information content (AvgIpc) is 3.61. The number of aromatic nitrogens is 2. The van der Waals surface area contributed by atoms with Crippen LogP contribution >= 0.6 is 0 Å². The molecule has 1 aliphatic carbocycles. The zero-order valence-electron chi connectivity index (χ0n) is 17.3. The molecule has 154 valence electrons. The van der Waals surface area contributed by atoms with Crippen molar-refractivity contribution in [2.45, 2.75) is 38.5 Å². The monoisotopic (exact) mass is 393 g/mol. The molecular formula is C23H31N5O. The second kappa shape index (κ2) is 9.25. The lowest BCUT2D eigenvalue weighted by atomic mass is 10.1. The molecule has 6 heteroatoms. The lowest BCUT2D eigenvalue weighted by Crippen LogP contribution is -2.33. The van der Waals surface area contributed by atoms with E-state index in [4.69, 9.17) is 4.98 Å². The maximum absolute atomic E-state index is 12.7. The fourth-order valence-corrected chi connectivity index (χ4v) is 3.69. The number of likely N-dealkylation sites (N-methyl/N-ethyl adjacent to an activating group) is 1. The molecule has 4 rings (SSSR count). The van der Waals surface area contributed by atoms with Crippen LogP contribution in [-0.2, 0) is 6.42 Å². The largest absolute Gasteiger partial charge is 0.356 e. The van der Waals surface area contributed by atoms with Crippen LogP contribution in [-0.4, -0.2) is 49.1 Å². The summed E-state index contributed by atoms with van der Waals surface area (Å²) >= 11 is 0. The van der Waals surface area contributed by atoms with Gasteiger partial charge in [-0.25, -0.2) is 4.98 Å². The third kappa shape index (κ3) is 5.46. The highest BCUT2D eigenvalue weighted by Crippen LogP contribution is 2.28. The van der Waals surface area contributed by atoms with E-state index in [1.54, 1.807) is 0 Å². The first-order chi connectivity index (χ1) is 14.2. The van der Waals surface area contributed by atoms with Crippen molar-refractivity contribution in [3.63, 3.8) is 0 Å². The Morgan fingerprint density at radius 3 is 2.62 bits per heavy atom. The Bertz CT molecular complexity index is 815. The third-order valence-corrected chi connectivity index (χ3v) is 5.78. The van der Waals surface area contributed by atoms with Crippen molar-refractivity contribution < 1.29 is 4.79 Å². The van der Waals surface area contributed by atoms with E-state index >= 15 is 0 Å². The lowest BCUT2D eigenvalue weighted by molar-refractivity contribution is 0.0946. The van der Waals surface area contributed by atoms with Gasteiger partial charge in [-0.15, -0.1) is 0 Å². The van der Waals surface area contributed by atoms with Crippen LogP contribution in [0.5, 0.6) is 0 Å². The zero-order chi connectivity index (χ0) is 20.1. The van der Waals surface area contributed by atoms with Gasteiger partial charge in [-0.05, 0) is 50.0 Å². The van der Waals surface area contributed by atoms with Crippen molar-refractivity contribution in [3.8, 4) is 0 Å². The number of amides is 1. The van der Waals surface area contributed by atoms with Crippen LogP contribution in [0, 0.1) is 5.92 Å². The molecule has 1 aliphatic heterocycles. The van der Waals surface area contributed by atoms with Crippen molar-refractivity contribution in [2.24, 2.45) is 5.92 Å². The fraction of sp³-hybridized carbons (Fsp3) is 0.522. The molecule has 2 fully saturated rings. The van der Waals surface area contributed by atoms with Crippen molar-refractivity contribution in [1.82, 2.24) is 15.3 Å². The van der Waals surface area contributed by atoms with E-state index in [-0.39, 0.29) is 5.91 Å². The van der Waals surface area contributed by atoms with Gasteiger partial charge in [0, 0.05) is 39.3 Å². The first kappa shape index (κ1) is 19.7. The van der Waals surface area contributed by atoms with Gasteiger partial charge < -0.3 is 15.1 Å². The minimum absolute atomic E-state index is 0.0877. The molecule has 0 spiro atoms. The van der Waals surface area contributed by atoms with Crippen LogP contribution in [0.2, 0.25) is 0 Å². The van der Waals surface area contributed by atoms with E-state index in [0.29, 0.717) is 17.6 Å². The summed E-state index contributed by atoms with van der Waals surface area (Å²) in [5.74, 6) is 2.06. The smallest absolute Gasteiger partial charge is 0.270 e. The average molecular weight is 394 g/mol. The molecule has 1 amide bonds. The Kier molecular flexibility index (Phi) is 6.27. The number of nitrogens with one attached hydrogen (secondary N) is 1. The van der Waals surface area contributed by atoms with Gasteiger partial charge >= 0.3 is 0 Å². The Balaban J connectivity index is 1.51. The summed E-state index contributed by atoms with van der Waals surface area (Å²) in [6.45, 7) is 3.54. The zero-order valence-corrected chi connectivity index (χ0v) is 17.3. The SMILES string of the molecule is CN(CCc1ccccc1)c1nc(C(=O)NCC2CC2)cc(N2CCCCC2)n1. The van der Waals surface area contributed by atoms with Gasteiger partial charge in [0.1, 0.15) is 11.5 Å². The normalized spacial score (nSPS) is 16.5. The molecule has 2 aromatic rings. The Morgan fingerprint density at radius 1 is 1.14 bits per heavy atom. The topological polar surface area (TPSA) is 61.4 Å². The van der Waals surface area contributed by atoms with Gasteiger partial charge in [-0.3, -0.25) is 4.79 Å². The highest BCUT2D eigenvalue weighted by molar-refractivity contribution is 5.93. The predicted molar refractivity (Wildman–Crippen MR) is 117 cm³/mol. The van der Waals surface area contributed by atoms with E-state index in [0.717, 1.165) is 38.4 Å². The summed E-state index contributed by atoms with van der Waals surface area (Å²) in [5, 5.41) is 3.05. The highest BCUT2D eigenvalue weighted by atomic mass is 16.1. The van der Waals surface area contributed by atoms with Crippen molar-refractivity contribution in [1.29, 1.82) is 0 Å². The summed E-state index contributed by atoms with van der Waals surface area (Å²) in [4.78, 5) is 26.5. The Labute approximate surface area is 173 Å². The van der Waals surface area contributed by atoms with Crippen molar-refractivity contribution in [2.75, 3.05) is 43.0 Å². The Hall–Kier alpha value is -2.63. The number of nitrogens with zero attached hydrogens (tertiary/aromatic N) is 4. The molecule has 1 saturated heterocycles. The first-order valence-corrected chi connectivity index (χ1v) is 10.9. The minimum Gasteiger partial charge on any atom is -0.356 e. The quantitative estimate of drug-likeness (QED) is 0.746. The van der Waals surface area contributed by atoms with Gasteiger partial charge in [0.2, 0.25) is 5.95 Å². The van der Waals surface area contributed by atoms with Crippen LogP contribution in [0.4, 0.5) is 11.8 Å². The van der Waals surface area contributed by atoms with Crippen molar-refractivity contribution in [3.05, 3.63) is 47.7 Å². The maximum atomic E-state index is 12.7. The molecule has 0 atom stereocenters. The van der Waals surface area contributed by atoms with Crippen molar-refractivity contribution >= 4 is 17.7 Å². The number of carbonyl (C=O) groups is 1. The predicted octanol–water partition coefficient (Wildman–Crippen LogP) is 3.29. The van der Waals surface area contributed by atoms with Gasteiger partial charge in [-0.2, -0.15) is 4.98 Å². The summed E-state index contributed by atoms with van der Waals surface area (Å²) in [6.07, 6.45) is 6.96. The van der Waals surface area contributed by atoms with Crippen LogP contribution < -0.4 is 15.1 Å². The summed E-state index contributed by atoms with van der Waals surface area (Å²) < 4.78 is 0. The molecular weight excluding hydrogens is 362 g/mol. The fourth-order valence-electron chi connectivity index (χ4n) is 3.69. The standard InChI is InChI=1S/C23H31N5O/c1-27(15-12-18-8-4-2-5-9-18)23-25-20(22(29)24-17-19-10-11-19)16-21(26-23)28-13-6-3-7-14-28/h2,4-5,8-9,16,19H,3,6-7,10-15,17H2,1H3,(H,24,29). The molecule has 0 radical (unpaired) electrons. The van der Waals surface area contributed by atoms with Gasteiger partial charge in [-0.1, -0.05) is 30.3 Å². The lowest BCUT2D eigenvalue weighted by Gasteiger charge is -2.29. The molecule has 0 unspecified atom stereocenters. The molecule has 1 N–H and O–H groups in total. The van der Waals surface area contributed by atoms with Crippen LogP contribution in [0.15, 0.2) is 36.4 Å². The molecule has 6 nitrogen and oxygen atoms in total. The van der Waals surface area contributed by atoms with E-state index in [9.17, 15) is 4.79 Å². The summed E-state index contributed by atoms with van der Waals surface area (Å²) in [5.41, 5.74) is 1.76. The van der Waals surface area contributed by atoms with E-state index in [1.807, 2.05) is 19.2 Å². The number of benzene rings is 1. The molecule has 1 aromatic carbocycles. The summed E-state index contributed by atoms with van der Waals surface area (Å²) in [7, 11) is 2.00. The van der Waals surface area contributed by atoms with Gasteiger partial charge in [0.05, 0.1) is 0 Å². The Morgan fingerprint density at radius 2 is 1.90 bits per heavy atom. The molecule has 0 bridgehead atoms. The molecule has 29 heavy (non-hydrogen) atoms. The number of hydrogen-bond acceptors (Lipinski definition) is 5. The second-order valence-electron chi connectivity index (χ2n) is 8.27. The third-order valence-electron chi connectivity index (χ3n) is 5.78. The van der Waals surface area contributed by atoms with E-state index < -0.39 is 0 Å². The van der Waals surface area contributed by atoms with E-state index in [2.05, 4.69) is 44.4 Å². The number of rotatable bonds is 8. The number of anilines is 2. The minimum atomic E-state index is -0.0877. The van der Waals surface area contributed by atoms with Crippen LogP contribution in [0.25, 0.3) is 0 Å². The molecule has 2 heterocycles. The number of piperidine rings is 1. The molecule has 1 aromatic heterocycles. The molecule has 2 aliphatic rings.